The molecular weight excluding hydrogens is 450 g/mol. The van der Waals surface area contributed by atoms with Crippen LogP contribution in [0.25, 0.3) is 34.3 Å². The van der Waals surface area contributed by atoms with E-state index in [2.05, 4.69) is 31.6 Å². The van der Waals surface area contributed by atoms with Gasteiger partial charge in [-0.3, -0.25) is 10.1 Å². The summed E-state index contributed by atoms with van der Waals surface area (Å²) in [5.74, 6) is 1.26. The van der Waals surface area contributed by atoms with Crippen molar-refractivity contribution < 1.29 is 19.4 Å². The molecule has 0 fully saturated rings. The smallest absolute Gasteiger partial charge is 0.411 e. The lowest BCUT2D eigenvalue weighted by molar-refractivity contribution is 0.209. The average Bonchev–Trinajstić information content (AvgIpc) is 3.26. The molecule has 0 atom stereocenters. The summed E-state index contributed by atoms with van der Waals surface area (Å²) in [4.78, 5) is 30.4. The number of benzene rings is 2. The number of H-pyrrole nitrogens is 2. The monoisotopic (exact) mass is 473 g/mol. The third kappa shape index (κ3) is 4.21. The van der Waals surface area contributed by atoms with Crippen LogP contribution in [0.15, 0.2) is 35.1 Å². The van der Waals surface area contributed by atoms with Gasteiger partial charge in [-0.05, 0) is 48.2 Å². The van der Waals surface area contributed by atoms with E-state index in [0.717, 1.165) is 40.4 Å². The van der Waals surface area contributed by atoms with Crippen LogP contribution in [0.1, 0.15) is 24.1 Å². The lowest BCUT2D eigenvalue weighted by Gasteiger charge is -2.16. The highest BCUT2D eigenvalue weighted by molar-refractivity contribution is 5.88. The van der Waals surface area contributed by atoms with Crippen molar-refractivity contribution in [3.05, 3.63) is 62.4 Å². The molecule has 0 saturated carbocycles. The fraction of sp³-hybridized carbons (Fsp3) is 0.200. The molecular formula is C25H23N5O5. The van der Waals surface area contributed by atoms with Crippen molar-refractivity contribution >= 4 is 35.2 Å². The number of nitrogens with zero attached hydrogens (tertiary/aromatic N) is 2. The summed E-state index contributed by atoms with van der Waals surface area (Å²) in [5.41, 5.74) is 4.41. The lowest BCUT2D eigenvalue weighted by Crippen LogP contribution is -2.45. The van der Waals surface area contributed by atoms with E-state index in [4.69, 9.17) is 14.6 Å². The number of hydrogen-bond acceptors (Lipinski definition) is 6. The number of rotatable bonds is 6. The number of hydrogen-bond donors (Lipinski definition) is 4. The number of aromatic amines is 2. The van der Waals surface area contributed by atoms with E-state index < -0.39 is 6.09 Å². The minimum atomic E-state index is -1.20. The predicted octanol–water partition coefficient (Wildman–Crippen LogP) is 2.37. The van der Waals surface area contributed by atoms with Gasteiger partial charge in [0.2, 0.25) is 5.95 Å². The van der Waals surface area contributed by atoms with Gasteiger partial charge in [-0.2, -0.15) is 5.10 Å². The van der Waals surface area contributed by atoms with Gasteiger partial charge in [-0.15, -0.1) is 0 Å². The molecule has 0 bridgehead atoms. The molecule has 35 heavy (non-hydrogen) atoms. The highest BCUT2D eigenvalue weighted by atomic mass is 16.5. The number of nitrogens with one attached hydrogen (secondary N) is 3. The van der Waals surface area contributed by atoms with Gasteiger partial charge in [0.25, 0.3) is 5.56 Å². The van der Waals surface area contributed by atoms with E-state index in [-0.39, 0.29) is 11.5 Å². The summed E-state index contributed by atoms with van der Waals surface area (Å²) in [5, 5.41) is 19.7. The summed E-state index contributed by atoms with van der Waals surface area (Å²) < 4.78 is 11.3. The maximum absolute atomic E-state index is 12.2. The van der Waals surface area contributed by atoms with Gasteiger partial charge in [0.05, 0.1) is 30.9 Å². The second-order valence-electron chi connectivity index (χ2n) is 8.12. The van der Waals surface area contributed by atoms with Gasteiger partial charge in [0.15, 0.2) is 11.5 Å². The molecule has 2 aromatic carbocycles. The van der Waals surface area contributed by atoms with Crippen LogP contribution >= 0.6 is 0 Å². The van der Waals surface area contributed by atoms with Crippen molar-refractivity contribution in [2.75, 3.05) is 19.5 Å². The topological polar surface area (TPSA) is 142 Å². The van der Waals surface area contributed by atoms with Gasteiger partial charge in [0.1, 0.15) is 0 Å². The number of amides is 1. The molecule has 2 aromatic heterocycles. The molecule has 0 aliphatic heterocycles. The zero-order valence-electron chi connectivity index (χ0n) is 19.1. The molecule has 1 amide bonds. The van der Waals surface area contributed by atoms with Crippen LogP contribution < -0.4 is 30.8 Å². The van der Waals surface area contributed by atoms with Gasteiger partial charge in [-0.1, -0.05) is 18.2 Å². The van der Waals surface area contributed by atoms with Crippen LogP contribution in [0, 0.1) is 0 Å². The molecule has 10 nitrogen and oxygen atoms in total. The van der Waals surface area contributed by atoms with Crippen LogP contribution in [0.4, 0.5) is 10.7 Å². The van der Waals surface area contributed by atoms with Crippen LogP contribution in [0.2, 0.25) is 0 Å². The molecule has 2 heterocycles. The second-order valence-corrected chi connectivity index (χ2v) is 8.12. The number of carbonyl (C=O) groups is 1. The minimum absolute atomic E-state index is 0.143. The van der Waals surface area contributed by atoms with Gasteiger partial charge in [-0.25, -0.2) is 14.9 Å². The molecule has 4 aromatic rings. The number of methoxy groups -OCH3 is 2. The van der Waals surface area contributed by atoms with Crippen LogP contribution in [-0.4, -0.2) is 45.6 Å². The first-order valence-electron chi connectivity index (χ1n) is 11.0. The molecule has 0 saturated heterocycles. The molecule has 0 radical (unpaired) electrons. The molecule has 178 valence electrons. The molecule has 1 aliphatic rings. The summed E-state index contributed by atoms with van der Waals surface area (Å²) in [7, 11) is 3.16. The first-order chi connectivity index (χ1) is 17.0. The fourth-order valence-electron chi connectivity index (χ4n) is 4.40. The lowest BCUT2D eigenvalue weighted by atomic mass is 9.97. The number of ether oxygens (including phenoxy) is 2. The fourth-order valence-corrected chi connectivity index (χ4v) is 4.40. The normalized spacial score (nSPS) is 12.4. The van der Waals surface area contributed by atoms with Crippen LogP contribution in [0.5, 0.6) is 11.5 Å². The average molecular weight is 473 g/mol. The van der Waals surface area contributed by atoms with E-state index in [1.165, 1.54) is 0 Å². The number of aromatic nitrogens is 4. The third-order valence-corrected chi connectivity index (χ3v) is 5.93. The van der Waals surface area contributed by atoms with E-state index in [9.17, 15) is 9.59 Å². The van der Waals surface area contributed by atoms with Crippen LogP contribution in [0.3, 0.4) is 0 Å². The first kappa shape index (κ1) is 22.2. The summed E-state index contributed by atoms with van der Waals surface area (Å²) in [6.07, 6.45) is 4.99. The Morgan fingerprint density at radius 1 is 1.11 bits per heavy atom. The molecule has 4 N–H and O–H groups in total. The number of carboxylic acid groups (broad SMARTS) is 1. The van der Waals surface area contributed by atoms with E-state index in [1.807, 2.05) is 36.4 Å². The SMILES string of the molecule is COc1cc(Cc2n[nH]c(=O)c3c2=CCCC=3)cc(-c2ccc3[nH]c(NC(=O)O)nc3c2)c1OC. The van der Waals surface area contributed by atoms with Crippen molar-refractivity contribution in [3.8, 4) is 22.6 Å². The highest BCUT2D eigenvalue weighted by Gasteiger charge is 2.17. The standard InChI is InChI=1S/C25H23N5O5/c1-34-21-11-13(10-19-15-5-3-4-6-16(15)23(31)30-29-19)9-17(22(21)35-2)14-7-8-18-20(12-14)27-24(26-18)28-25(32)33/h5-9,11-12H,3-4,10H2,1-2H3,(H,30,31)(H,32,33)(H2,26,27,28). The van der Waals surface area contributed by atoms with E-state index >= 15 is 0 Å². The largest absolute Gasteiger partial charge is 0.493 e. The van der Waals surface area contributed by atoms with Crippen molar-refractivity contribution in [3.63, 3.8) is 0 Å². The minimum Gasteiger partial charge on any atom is -0.493 e. The molecule has 0 spiro atoms. The second kappa shape index (κ2) is 8.98. The predicted molar refractivity (Wildman–Crippen MR) is 131 cm³/mol. The van der Waals surface area contributed by atoms with Crippen molar-refractivity contribution in [2.45, 2.75) is 19.3 Å². The maximum Gasteiger partial charge on any atom is 0.411 e. The molecule has 10 heteroatoms. The Balaban J connectivity index is 1.61. The van der Waals surface area contributed by atoms with Crippen molar-refractivity contribution in [2.24, 2.45) is 0 Å². The Morgan fingerprint density at radius 2 is 1.91 bits per heavy atom. The highest BCUT2D eigenvalue weighted by Crippen LogP contribution is 2.40. The molecule has 0 unspecified atom stereocenters. The number of fused-ring (bicyclic) bond motifs is 2. The van der Waals surface area contributed by atoms with Gasteiger partial charge < -0.3 is 19.6 Å². The van der Waals surface area contributed by atoms with Crippen LogP contribution in [-0.2, 0) is 6.42 Å². The molecule has 5 rings (SSSR count). The number of imidazole rings is 1. The summed E-state index contributed by atoms with van der Waals surface area (Å²) >= 11 is 0. The Bertz CT molecular complexity index is 1640. The zero-order chi connectivity index (χ0) is 24.5. The quantitative estimate of drug-likeness (QED) is 0.337. The van der Waals surface area contributed by atoms with Crippen molar-refractivity contribution in [1.82, 2.24) is 20.2 Å². The third-order valence-electron chi connectivity index (χ3n) is 5.93. The Hall–Kier alpha value is -4.60. The summed E-state index contributed by atoms with van der Waals surface area (Å²) in [6.45, 7) is 0. The zero-order valence-corrected chi connectivity index (χ0v) is 19.1. The molecule has 1 aliphatic carbocycles. The van der Waals surface area contributed by atoms with Gasteiger partial charge in [0, 0.05) is 22.4 Å². The van der Waals surface area contributed by atoms with E-state index in [0.29, 0.717) is 34.2 Å². The first-order valence-corrected chi connectivity index (χ1v) is 11.0. The van der Waals surface area contributed by atoms with E-state index in [1.54, 1.807) is 14.2 Å². The Kier molecular flexibility index (Phi) is 5.69. The maximum atomic E-state index is 12.2. The van der Waals surface area contributed by atoms with Crippen molar-refractivity contribution in [1.29, 1.82) is 0 Å². The summed E-state index contributed by atoms with van der Waals surface area (Å²) in [6, 6.07) is 9.47. The Labute approximate surface area is 198 Å². The Morgan fingerprint density at radius 3 is 2.66 bits per heavy atom. The number of anilines is 1. The van der Waals surface area contributed by atoms with Gasteiger partial charge >= 0.3 is 6.09 Å².